The van der Waals surface area contributed by atoms with Crippen LogP contribution >= 0.6 is 0 Å². The molecule has 0 fully saturated rings. The van der Waals surface area contributed by atoms with Crippen molar-refractivity contribution in [3.8, 4) is 5.75 Å². The van der Waals surface area contributed by atoms with E-state index < -0.39 is 0 Å². The second-order valence-electron chi connectivity index (χ2n) is 4.06. The van der Waals surface area contributed by atoms with Crippen LogP contribution in [-0.4, -0.2) is 16.8 Å². The van der Waals surface area contributed by atoms with Gasteiger partial charge in [0.15, 0.2) is 0 Å². The average Bonchev–Trinajstić information content (AvgIpc) is 2.14. The number of aryl methyl sites for hydroxylation is 2. The van der Waals surface area contributed by atoms with Gasteiger partial charge in [-0.1, -0.05) is 13.0 Å². The summed E-state index contributed by atoms with van der Waals surface area (Å²) in [5.74, 6) is 0.626. The number of aliphatic hydroxyl groups excluding tert-OH is 1. The van der Waals surface area contributed by atoms with Gasteiger partial charge in [0.25, 0.3) is 0 Å². The molecule has 0 saturated heterocycles. The Morgan fingerprint density at radius 1 is 1.21 bits per heavy atom. The number of benzene rings is 1. The van der Waals surface area contributed by atoms with Gasteiger partial charge in [0.1, 0.15) is 5.75 Å². The van der Waals surface area contributed by atoms with E-state index in [2.05, 4.69) is 0 Å². The van der Waals surface area contributed by atoms with Crippen molar-refractivity contribution in [1.29, 1.82) is 0 Å². The van der Waals surface area contributed by atoms with E-state index in [0.29, 0.717) is 5.75 Å². The molecule has 1 aromatic carbocycles. The normalized spacial score (nSPS) is 12.9. The van der Waals surface area contributed by atoms with Crippen LogP contribution in [0, 0.1) is 19.8 Å². The van der Waals surface area contributed by atoms with E-state index in [9.17, 15) is 5.11 Å². The van der Waals surface area contributed by atoms with Crippen LogP contribution in [0.4, 0.5) is 0 Å². The number of aliphatic hydroxyl groups is 1. The fourth-order valence-corrected chi connectivity index (χ4v) is 1.52. The molecule has 2 nitrogen and oxygen atoms in total. The van der Waals surface area contributed by atoms with Gasteiger partial charge in [0, 0.05) is 6.61 Å². The SMILES string of the molecule is Cc1cc(C[C@H](C)CO)c(C)cc1O. The van der Waals surface area contributed by atoms with Gasteiger partial charge in [-0.25, -0.2) is 0 Å². The lowest BCUT2D eigenvalue weighted by Gasteiger charge is -2.12. The van der Waals surface area contributed by atoms with Gasteiger partial charge in [-0.3, -0.25) is 0 Å². The predicted molar refractivity (Wildman–Crippen MR) is 57.5 cm³/mol. The second-order valence-corrected chi connectivity index (χ2v) is 4.06. The number of hydrogen-bond acceptors (Lipinski definition) is 2. The second kappa shape index (κ2) is 4.47. The molecule has 0 spiro atoms. The molecule has 2 N–H and O–H groups in total. The van der Waals surface area contributed by atoms with Gasteiger partial charge in [0.2, 0.25) is 0 Å². The van der Waals surface area contributed by atoms with Crippen LogP contribution in [0.1, 0.15) is 23.6 Å². The minimum atomic E-state index is 0.208. The molecule has 0 aliphatic rings. The van der Waals surface area contributed by atoms with Crippen molar-refractivity contribution < 1.29 is 10.2 Å². The molecule has 0 radical (unpaired) electrons. The molecule has 0 amide bonds. The highest BCUT2D eigenvalue weighted by Gasteiger charge is 2.07. The Balaban J connectivity index is 2.92. The summed E-state index contributed by atoms with van der Waals surface area (Å²) in [6.45, 7) is 6.10. The lowest BCUT2D eigenvalue weighted by atomic mass is 9.96. The largest absolute Gasteiger partial charge is 0.508 e. The monoisotopic (exact) mass is 194 g/mol. The van der Waals surface area contributed by atoms with E-state index in [0.717, 1.165) is 17.5 Å². The van der Waals surface area contributed by atoms with Crippen LogP contribution in [0.15, 0.2) is 12.1 Å². The number of hydrogen-bond donors (Lipinski definition) is 2. The van der Waals surface area contributed by atoms with E-state index in [4.69, 9.17) is 5.11 Å². The van der Waals surface area contributed by atoms with Crippen LogP contribution in [0.25, 0.3) is 0 Å². The van der Waals surface area contributed by atoms with E-state index in [1.807, 2.05) is 26.8 Å². The molecular weight excluding hydrogens is 176 g/mol. The molecule has 1 aromatic rings. The highest BCUT2D eigenvalue weighted by atomic mass is 16.3. The summed E-state index contributed by atoms with van der Waals surface area (Å²) >= 11 is 0. The van der Waals surface area contributed by atoms with Gasteiger partial charge in [0.05, 0.1) is 0 Å². The van der Waals surface area contributed by atoms with E-state index in [-0.39, 0.29) is 12.5 Å². The summed E-state index contributed by atoms with van der Waals surface area (Å²) < 4.78 is 0. The van der Waals surface area contributed by atoms with Crippen molar-refractivity contribution in [2.75, 3.05) is 6.61 Å². The maximum absolute atomic E-state index is 9.47. The predicted octanol–water partition coefficient (Wildman–Crippen LogP) is 2.18. The quantitative estimate of drug-likeness (QED) is 0.774. The van der Waals surface area contributed by atoms with Gasteiger partial charge < -0.3 is 10.2 Å². The average molecular weight is 194 g/mol. The highest BCUT2D eigenvalue weighted by Crippen LogP contribution is 2.23. The first-order valence-electron chi connectivity index (χ1n) is 4.94. The van der Waals surface area contributed by atoms with Crippen molar-refractivity contribution in [3.05, 3.63) is 28.8 Å². The van der Waals surface area contributed by atoms with Crippen molar-refractivity contribution in [2.24, 2.45) is 5.92 Å². The van der Waals surface area contributed by atoms with Crippen molar-refractivity contribution >= 4 is 0 Å². The maximum atomic E-state index is 9.47. The Labute approximate surface area is 85.2 Å². The molecule has 0 saturated carbocycles. The number of phenolic OH excluding ortho intramolecular Hbond substituents is 1. The molecule has 0 heterocycles. The third kappa shape index (κ3) is 2.48. The first-order chi connectivity index (χ1) is 6.54. The smallest absolute Gasteiger partial charge is 0.118 e. The third-order valence-corrected chi connectivity index (χ3v) is 2.53. The molecule has 0 unspecified atom stereocenters. The Bertz CT molecular complexity index is 318. The zero-order valence-corrected chi connectivity index (χ0v) is 9.04. The third-order valence-electron chi connectivity index (χ3n) is 2.53. The molecular formula is C12H18O2. The van der Waals surface area contributed by atoms with Gasteiger partial charge in [-0.15, -0.1) is 0 Å². The van der Waals surface area contributed by atoms with Crippen LogP contribution in [0.2, 0.25) is 0 Å². The Kier molecular flexibility index (Phi) is 3.53. The molecule has 0 aliphatic heterocycles. The fraction of sp³-hybridized carbons (Fsp3) is 0.500. The van der Waals surface area contributed by atoms with Crippen LogP contribution in [0.3, 0.4) is 0 Å². The van der Waals surface area contributed by atoms with Gasteiger partial charge >= 0.3 is 0 Å². The fourth-order valence-electron chi connectivity index (χ4n) is 1.52. The zero-order chi connectivity index (χ0) is 10.7. The van der Waals surface area contributed by atoms with E-state index in [1.54, 1.807) is 6.07 Å². The van der Waals surface area contributed by atoms with Gasteiger partial charge in [-0.05, 0) is 48.9 Å². The number of aromatic hydroxyl groups is 1. The summed E-state index contributed by atoms with van der Waals surface area (Å²) in [5.41, 5.74) is 3.20. The zero-order valence-electron chi connectivity index (χ0n) is 9.04. The van der Waals surface area contributed by atoms with Crippen LogP contribution < -0.4 is 0 Å². The van der Waals surface area contributed by atoms with Crippen molar-refractivity contribution in [2.45, 2.75) is 27.2 Å². The highest BCUT2D eigenvalue weighted by molar-refractivity contribution is 5.40. The number of rotatable bonds is 3. The molecule has 0 bridgehead atoms. The molecule has 1 rings (SSSR count). The molecule has 78 valence electrons. The molecule has 0 aliphatic carbocycles. The lowest BCUT2D eigenvalue weighted by molar-refractivity contribution is 0.237. The molecule has 14 heavy (non-hydrogen) atoms. The van der Waals surface area contributed by atoms with Crippen molar-refractivity contribution in [1.82, 2.24) is 0 Å². The van der Waals surface area contributed by atoms with Crippen molar-refractivity contribution in [3.63, 3.8) is 0 Å². The summed E-state index contributed by atoms with van der Waals surface area (Å²) in [4.78, 5) is 0. The first kappa shape index (κ1) is 11.1. The van der Waals surface area contributed by atoms with Crippen LogP contribution in [-0.2, 0) is 6.42 Å². The van der Waals surface area contributed by atoms with Gasteiger partial charge in [-0.2, -0.15) is 0 Å². The van der Waals surface area contributed by atoms with Crippen LogP contribution in [0.5, 0.6) is 5.75 Å². The van der Waals surface area contributed by atoms with E-state index in [1.165, 1.54) is 5.56 Å². The number of phenols is 1. The summed E-state index contributed by atoms with van der Waals surface area (Å²) in [5, 5.41) is 18.4. The lowest BCUT2D eigenvalue weighted by Crippen LogP contribution is -2.06. The molecule has 2 heteroatoms. The Morgan fingerprint density at radius 2 is 1.86 bits per heavy atom. The summed E-state index contributed by atoms with van der Waals surface area (Å²) in [7, 11) is 0. The molecule has 0 aromatic heterocycles. The minimum Gasteiger partial charge on any atom is -0.508 e. The molecule has 1 atom stereocenters. The Morgan fingerprint density at radius 3 is 2.43 bits per heavy atom. The standard InChI is InChI=1S/C12H18O2/c1-8(7-13)4-11-5-10(3)12(14)6-9(11)2/h5-6,8,13-14H,4,7H2,1-3H3/t8-/m0/s1. The minimum absolute atomic E-state index is 0.208. The Hall–Kier alpha value is -1.02. The van der Waals surface area contributed by atoms with E-state index >= 15 is 0 Å². The summed E-state index contributed by atoms with van der Waals surface area (Å²) in [6, 6.07) is 3.78. The first-order valence-corrected chi connectivity index (χ1v) is 4.94. The summed E-state index contributed by atoms with van der Waals surface area (Å²) in [6.07, 6.45) is 0.865. The maximum Gasteiger partial charge on any atom is 0.118 e. The topological polar surface area (TPSA) is 40.5 Å².